The maximum absolute atomic E-state index is 12.1. The molecule has 0 saturated heterocycles. The molecule has 0 radical (unpaired) electrons. The van der Waals surface area contributed by atoms with Gasteiger partial charge in [0, 0.05) is 12.6 Å². The van der Waals surface area contributed by atoms with Crippen molar-refractivity contribution in [2.45, 2.75) is 19.5 Å². The van der Waals surface area contributed by atoms with E-state index in [9.17, 15) is 19.5 Å². The van der Waals surface area contributed by atoms with Gasteiger partial charge in [-0.25, -0.2) is 4.79 Å². The van der Waals surface area contributed by atoms with Crippen LogP contribution in [0.1, 0.15) is 17.3 Å². The van der Waals surface area contributed by atoms with E-state index in [0.717, 1.165) is 0 Å². The first-order chi connectivity index (χ1) is 9.82. The zero-order valence-electron chi connectivity index (χ0n) is 12.1. The summed E-state index contributed by atoms with van der Waals surface area (Å²) in [6.45, 7) is 2.12. The second kappa shape index (κ2) is 5.53. The van der Waals surface area contributed by atoms with Crippen molar-refractivity contribution < 1.29 is 9.90 Å². The smallest absolute Gasteiger partial charge is 0.337 e. The van der Waals surface area contributed by atoms with E-state index in [2.05, 4.69) is 4.98 Å². The Bertz CT molecular complexity index is 804. The third-order valence-electron chi connectivity index (χ3n) is 3.55. The van der Waals surface area contributed by atoms with Crippen LogP contribution in [0.4, 0.5) is 0 Å². The summed E-state index contributed by atoms with van der Waals surface area (Å²) in [5.41, 5.74) is -0.929. The molecule has 0 spiro atoms. The van der Waals surface area contributed by atoms with Crippen molar-refractivity contribution in [1.29, 1.82) is 0 Å². The highest BCUT2D eigenvalue weighted by Crippen LogP contribution is 2.15. The van der Waals surface area contributed by atoms with Gasteiger partial charge < -0.3 is 15.0 Å². The summed E-state index contributed by atoms with van der Waals surface area (Å²) >= 11 is 0. The Morgan fingerprint density at radius 1 is 1.38 bits per heavy atom. The van der Waals surface area contributed by atoms with Crippen LogP contribution in [0.5, 0.6) is 0 Å². The molecular weight excluding hydrogens is 274 g/mol. The van der Waals surface area contributed by atoms with Crippen LogP contribution in [-0.4, -0.2) is 45.7 Å². The lowest BCUT2D eigenvalue weighted by molar-refractivity contribution is 0.0698. The van der Waals surface area contributed by atoms with Gasteiger partial charge in [0.05, 0.1) is 16.6 Å². The second-order valence-electron chi connectivity index (χ2n) is 5.19. The zero-order chi connectivity index (χ0) is 15.7. The van der Waals surface area contributed by atoms with Gasteiger partial charge in [-0.1, -0.05) is 6.07 Å². The predicted octanol–water partition coefficient (Wildman–Crippen LogP) is 0.338. The van der Waals surface area contributed by atoms with Crippen molar-refractivity contribution in [3.8, 4) is 0 Å². The first kappa shape index (κ1) is 15.0. The molecular formula is C14H17N3O4. The molecule has 0 fully saturated rings. The number of nitrogens with zero attached hydrogens (tertiary/aromatic N) is 2. The number of carboxylic acid groups (broad SMARTS) is 1. The van der Waals surface area contributed by atoms with Crippen molar-refractivity contribution in [1.82, 2.24) is 14.5 Å². The van der Waals surface area contributed by atoms with E-state index in [1.807, 2.05) is 25.9 Å². The molecule has 0 aliphatic rings. The molecule has 2 N–H and O–H groups in total. The van der Waals surface area contributed by atoms with Gasteiger partial charge in [0.25, 0.3) is 0 Å². The number of rotatable bonds is 4. The molecule has 21 heavy (non-hydrogen) atoms. The minimum atomic E-state index is -1.14. The lowest BCUT2D eigenvalue weighted by Gasteiger charge is -2.22. The van der Waals surface area contributed by atoms with Crippen LogP contribution in [0.15, 0.2) is 27.8 Å². The quantitative estimate of drug-likeness (QED) is 0.792. The second-order valence-corrected chi connectivity index (χ2v) is 5.19. The summed E-state index contributed by atoms with van der Waals surface area (Å²) in [6.07, 6.45) is 0. The van der Waals surface area contributed by atoms with Crippen molar-refractivity contribution in [2.24, 2.45) is 0 Å². The zero-order valence-corrected chi connectivity index (χ0v) is 12.1. The Morgan fingerprint density at radius 2 is 2.05 bits per heavy atom. The van der Waals surface area contributed by atoms with Crippen LogP contribution >= 0.6 is 0 Å². The molecule has 2 aromatic rings. The normalized spacial score (nSPS) is 12.8. The van der Waals surface area contributed by atoms with Crippen LogP contribution in [0.2, 0.25) is 0 Å². The summed E-state index contributed by atoms with van der Waals surface area (Å²) < 4.78 is 1.24. The summed E-state index contributed by atoms with van der Waals surface area (Å²) in [5, 5.41) is 9.29. The van der Waals surface area contributed by atoms with Crippen LogP contribution in [0, 0.1) is 0 Å². The summed E-state index contributed by atoms with van der Waals surface area (Å²) in [7, 11) is 3.70. The van der Waals surface area contributed by atoms with Gasteiger partial charge in [-0.2, -0.15) is 0 Å². The highest BCUT2D eigenvalue weighted by Gasteiger charge is 2.17. The average Bonchev–Trinajstić information content (AvgIpc) is 2.42. The molecule has 112 valence electrons. The van der Waals surface area contributed by atoms with E-state index < -0.39 is 17.1 Å². The first-order valence-electron chi connectivity index (χ1n) is 6.48. The van der Waals surface area contributed by atoms with Crippen molar-refractivity contribution in [3.05, 3.63) is 44.5 Å². The third-order valence-corrected chi connectivity index (χ3v) is 3.55. The van der Waals surface area contributed by atoms with E-state index >= 15 is 0 Å². The number of nitrogens with one attached hydrogen (secondary N) is 1. The fourth-order valence-corrected chi connectivity index (χ4v) is 2.11. The van der Waals surface area contributed by atoms with E-state index in [0.29, 0.717) is 5.52 Å². The number of hydrogen-bond donors (Lipinski definition) is 2. The van der Waals surface area contributed by atoms with E-state index in [4.69, 9.17) is 0 Å². The van der Waals surface area contributed by atoms with Crippen LogP contribution in [-0.2, 0) is 6.54 Å². The highest BCUT2D eigenvalue weighted by atomic mass is 16.4. The molecule has 2 rings (SSSR count). The van der Waals surface area contributed by atoms with Gasteiger partial charge in [-0.15, -0.1) is 0 Å². The molecule has 0 saturated carbocycles. The molecule has 1 aromatic carbocycles. The highest BCUT2D eigenvalue weighted by molar-refractivity contribution is 6.00. The van der Waals surface area contributed by atoms with Crippen molar-refractivity contribution >= 4 is 17.0 Å². The first-order valence-corrected chi connectivity index (χ1v) is 6.48. The number of benzene rings is 1. The number of likely N-dealkylation sites (N-methyl/N-ethyl adjacent to an activating group) is 1. The van der Waals surface area contributed by atoms with E-state index in [1.165, 1.54) is 16.7 Å². The Balaban J connectivity index is 2.82. The van der Waals surface area contributed by atoms with Gasteiger partial charge in [-0.05, 0) is 33.2 Å². The molecule has 7 nitrogen and oxygen atoms in total. The summed E-state index contributed by atoms with van der Waals surface area (Å²) in [4.78, 5) is 39.5. The van der Waals surface area contributed by atoms with Crippen molar-refractivity contribution in [2.75, 3.05) is 14.1 Å². The summed E-state index contributed by atoms with van der Waals surface area (Å²) in [5.74, 6) is -1.14. The van der Waals surface area contributed by atoms with Crippen molar-refractivity contribution in [3.63, 3.8) is 0 Å². The minimum absolute atomic E-state index is 0.00759. The molecule has 1 unspecified atom stereocenters. The topological polar surface area (TPSA) is 95.4 Å². The van der Waals surface area contributed by atoms with Crippen LogP contribution in [0.25, 0.3) is 11.0 Å². The number of carboxylic acids is 1. The maximum atomic E-state index is 12.1. The van der Waals surface area contributed by atoms with E-state index in [1.54, 1.807) is 6.07 Å². The van der Waals surface area contributed by atoms with Gasteiger partial charge in [-0.3, -0.25) is 14.2 Å². The molecule has 1 atom stereocenters. The largest absolute Gasteiger partial charge is 0.478 e. The number of H-pyrrole nitrogens is 1. The molecule has 0 bridgehead atoms. The fourth-order valence-electron chi connectivity index (χ4n) is 2.11. The number of hydrogen-bond acceptors (Lipinski definition) is 4. The third kappa shape index (κ3) is 2.73. The molecule has 1 aromatic heterocycles. The molecule has 0 amide bonds. The standard InChI is InChI=1S/C14H17N3O4/c1-8(16(2)3)7-17-11-9(14(20)21)5-4-6-10(11)15-12(18)13(17)19/h4-6,8H,7H2,1-3H3,(H,15,18)(H,20,21). The molecule has 7 heteroatoms. The Kier molecular flexibility index (Phi) is 3.95. The maximum Gasteiger partial charge on any atom is 0.337 e. The number of aromatic nitrogens is 2. The number of aromatic amines is 1. The number of fused-ring (bicyclic) bond motifs is 1. The van der Waals surface area contributed by atoms with E-state index in [-0.39, 0.29) is 23.7 Å². The minimum Gasteiger partial charge on any atom is -0.478 e. The Labute approximate surface area is 120 Å². The molecule has 0 aliphatic carbocycles. The lowest BCUT2D eigenvalue weighted by atomic mass is 10.1. The summed E-state index contributed by atoms with van der Waals surface area (Å²) in [6, 6.07) is 4.50. The SMILES string of the molecule is CC(Cn1c(=O)c(=O)[nH]c2cccc(C(=O)O)c21)N(C)C. The Hall–Kier alpha value is -2.41. The fraction of sp³-hybridized carbons (Fsp3) is 0.357. The number of carbonyl (C=O) groups is 1. The van der Waals surface area contributed by atoms with Gasteiger partial charge in [0.2, 0.25) is 0 Å². The predicted molar refractivity (Wildman–Crippen MR) is 78.9 cm³/mol. The average molecular weight is 291 g/mol. The van der Waals surface area contributed by atoms with Gasteiger partial charge >= 0.3 is 17.1 Å². The monoisotopic (exact) mass is 291 g/mol. The number of aromatic carboxylic acids is 1. The van der Waals surface area contributed by atoms with Crippen LogP contribution < -0.4 is 11.1 Å². The molecule has 1 heterocycles. The van der Waals surface area contributed by atoms with Gasteiger partial charge in [0.1, 0.15) is 0 Å². The van der Waals surface area contributed by atoms with Crippen LogP contribution in [0.3, 0.4) is 0 Å². The number of para-hydroxylation sites is 1. The Morgan fingerprint density at radius 3 is 2.62 bits per heavy atom. The lowest BCUT2D eigenvalue weighted by Crippen LogP contribution is -2.41. The molecule has 0 aliphatic heterocycles. The van der Waals surface area contributed by atoms with Gasteiger partial charge in [0.15, 0.2) is 0 Å².